The molecule has 4 rings (SSSR count). The average molecular weight is 495 g/mol. The summed E-state index contributed by atoms with van der Waals surface area (Å²) >= 11 is 7.60. The lowest BCUT2D eigenvalue weighted by Gasteiger charge is -2.18. The molecule has 0 saturated heterocycles. The summed E-state index contributed by atoms with van der Waals surface area (Å²) in [6.07, 6.45) is 2.12. The fraction of sp³-hybridized carbons (Fsp3) is 0.200. The zero-order valence-electron chi connectivity index (χ0n) is 18.7. The van der Waals surface area contributed by atoms with Gasteiger partial charge in [-0.05, 0) is 42.3 Å². The number of ether oxygens (including phenoxy) is 1. The molecule has 0 bridgehead atoms. The Balaban J connectivity index is 1.69. The van der Waals surface area contributed by atoms with Gasteiger partial charge in [-0.2, -0.15) is 0 Å². The maximum absolute atomic E-state index is 13.4. The molecular weight excluding hydrogens is 472 g/mol. The standard InChI is InChI=1S/C25H23ClN4O3S/c1-3-21(23(31)28-17-9-6-10-18(14-17)33-2)34-25-29-22-19(11-7-13-27-22)24(32)30(25)15-16-8-4-5-12-20(16)26/h4-14,21H,3,15H2,1-2H3,(H,28,31). The summed E-state index contributed by atoms with van der Waals surface area (Å²) in [5.41, 5.74) is 1.52. The molecule has 0 aliphatic carbocycles. The van der Waals surface area contributed by atoms with Crippen LogP contribution in [0, 0.1) is 0 Å². The second-order valence-corrected chi connectivity index (χ2v) is 9.06. The first kappa shape index (κ1) is 23.8. The molecule has 2 aromatic carbocycles. The third kappa shape index (κ3) is 5.24. The molecule has 2 heterocycles. The summed E-state index contributed by atoms with van der Waals surface area (Å²) in [4.78, 5) is 35.4. The van der Waals surface area contributed by atoms with Gasteiger partial charge < -0.3 is 10.1 Å². The van der Waals surface area contributed by atoms with E-state index in [0.29, 0.717) is 39.1 Å². The van der Waals surface area contributed by atoms with E-state index in [9.17, 15) is 9.59 Å². The smallest absolute Gasteiger partial charge is 0.263 e. The number of rotatable bonds is 8. The predicted molar refractivity (Wildman–Crippen MR) is 136 cm³/mol. The van der Waals surface area contributed by atoms with Crippen LogP contribution >= 0.6 is 23.4 Å². The Morgan fingerprint density at radius 3 is 2.76 bits per heavy atom. The molecular formula is C25H23ClN4O3S. The van der Waals surface area contributed by atoms with Crippen molar-refractivity contribution in [3.8, 4) is 5.75 Å². The molecule has 1 atom stereocenters. The quantitative estimate of drug-likeness (QED) is 0.273. The molecule has 34 heavy (non-hydrogen) atoms. The molecule has 0 spiro atoms. The van der Waals surface area contributed by atoms with E-state index in [-0.39, 0.29) is 18.0 Å². The molecule has 1 unspecified atom stereocenters. The topological polar surface area (TPSA) is 86.1 Å². The highest BCUT2D eigenvalue weighted by Crippen LogP contribution is 2.27. The SMILES string of the molecule is CCC(Sc1nc2ncccc2c(=O)n1Cc1ccccc1Cl)C(=O)Nc1cccc(OC)c1. The zero-order valence-corrected chi connectivity index (χ0v) is 20.3. The van der Waals surface area contributed by atoms with Crippen molar-refractivity contribution in [2.24, 2.45) is 0 Å². The monoisotopic (exact) mass is 494 g/mol. The van der Waals surface area contributed by atoms with Gasteiger partial charge in [0.2, 0.25) is 5.91 Å². The number of carbonyl (C=O) groups excluding carboxylic acids is 1. The molecule has 174 valence electrons. The number of thioether (sulfide) groups is 1. The number of fused-ring (bicyclic) bond motifs is 1. The van der Waals surface area contributed by atoms with Gasteiger partial charge in [0.1, 0.15) is 5.75 Å². The van der Waals surface area contributed by atoms with E-state index in [0.717, 1.165) is 5.56 Å². The maximum atomic E-state index is 13.4. The van der Waals surface area contributed by atoms with E-state index in [4.69, 9.17) is 16.3 Å². The van der Waals surface area contributed by atoms with E-state index in [1.807, 2.05) is 25.1 Å². The Hall–Kier alpha value is -3.36. The van der Waals surface area contributed by atoms with Crippen LogP contribution in [0.5, 0.6) is 5.75 Å². The van der Waals surface area contributed by atoms with Crippen LogP contribution in [0.4, 0.5) is 5.69 Å². The Morgan fingerprint density at radius 2 is 2.00 bits per heavy atom. The first-order valence-electron chi connectivity index (χ1n) is 10.7. The fourth-order valence-electron chi connectivity index (χ4n) is 3.44. The van der Waals surface area contributed by atoms with Gasteiger partial charge in [0.25, 0.3) is 5.56 Å². The van der Waals surface area contributed by atoms with E-state index in [1.165, 1.54) is 11.8 Å². The van der Waals surface area contributed by atoms with Gasteiger partial charge in [-0.25, -0.2) is 9.97 Å². The predicted octanol–water partition coefficient (Wildman–Crippen LogP) is 5.01. The molecule has 1 N–H and O–H groups in total. The third-order valence-electron chi connectivity index (χ3n) is 5.23. The first-order valence-corrected chi connectivity index (χ1v) is 12.0. The van der Waals surface area contributed by atoms with Crippen LogP contribution in [-0.2, 0) is 11.3 Å². The highest BCUT2D eigenvalue weighted by atomic mass is 35.5. The Kier molecular flexibility index (Phi) is 7.49. The van der Waals surface area contributed by atoms with E-state index < -0.39 is 5.25 Å². The summed E-state index contributed by atoms with van der Waals surface area (Å²) in [7, 11) is 1.57. The van der Waals surface area contributed by atoms with Crippen LogP contribution in [0.25, 0.3) is 11.0 Å². The fourth-order valence-corrected chi connectivity index (χ4v) is 4.63. The van der Waals surface area contributed by atoms with E-state index in [1.54, 1.807) is 60.3 Å². The van der Waals surface area contributed by atoms with Crippen LogP contribution in [0.3, 0.4) is 0 Å². The van der Waals surface area contributed by atoms with Crippen molar-refractivity contribution in [3.05, 3.63) is 87.8 Å². The zero-order chi connectivity index (χ0) is 24.1. The number of hydrogen-bond donors (Lipinski definition) is 1. The number of anilines is 1. The van der Waals surface area contributed by atoms with Crippen LogP contribution in [0.15, 0.2) is 76.8 Å². The van der Waals surface area contributed by atoms with Gasteiger partial charge in [-0.3, -0.25) is 14.2 Å². The molecule has 9 heteroatoms. The maximum Gasteiger partial charge on any atom is 0.263 e. The van der Waals surface area contributed by atoms with Crippen LogP contribution in [-0.4, -0.2) is 32.8 Å². The van der Waals surface area contributed by atoms with Gasteiger partial charge in [0, 0.05) is 23.0 Å². The van der Waals surface area contributed by atoms with Crippen molar-refractivity contribution in [2.75, 3.05) is 12.4 Å². The van der Waals surface area contributed by atoms with Gasteiger partial charge >= 0.3 is 0 Å². The molecule has 2 aromatic heterocycles. The number of pyridine rings is 1. The van der Waals surface area contributed by atoms with E-state index in [2.05, 4.69) is 15.3 Å². The summed E-state index contributed by atoms with van der Waals surface area (Å²) in [6, 6.07) is 17.9. The summed E-state index contributed by atoms with van der Waals surface area (Å²) in [5, 5.41) is 3.81. The Bertz CT molecular complexity index is 1390. The Labute approximate surface area is 206 Å². The number of hydrogen-bond acceptors (Lipinski definition) is 6. The molecule has 4 aromatic rings. The first-order chi connectivity index (χ1) is 16.5. The van der Waals surface area contributed by atoms with Crippen molar-refractivity contribution in [2.45, 2.75) is 30.3 Å². The number of nitrogens with one attached hydrogen (secondary N) is 1. The highest BCUT2D eigenvalue weighted by molar-refractivity contribution is 8.00. The molecule has 0 radical (unpaired) electrons. The number of carbonyl (C=O) groups is 1. The van der Waals surface area contributed by atoms with Crippen LogP contribution < -0.4 is 15.6 Å². The summed E-state index contributed by atoms with van der Waals surface area (Å²) in [6.45, 7) is 2.14. The lowest BCUT2D eigenvalue weighted by atomic mass is 10.2. The number of benzene rings is 2. The van der Waals surface area contributed by atoms with Crippen LogP contribution in [0.1, 0.15) is 18.9 Å². The highest BCUT2D eigenvalue weighted by Gasteiger charge is 2.23. The van der Waals surface area contributed by atoms with Crippen molar-refractivity contribution < 1.29 is 9.53 Å². The summed E-state index contributed by atoms with van der Waals surface area (Å²) in [5.74, 6) is 0.453. The number of nitrogens with zero attached hydrogens (tertiary/aromatic N) is 3. The molecule has 0 fully saturated rings. The van der Waals surface area contributed by atoms with Gasteiger partial charge in [0.15, 0.2) is 10.8 Å². The molecule has 7 nitrogen and oxygen atoms in total. The number of amides is 1. The van der Waals surface area contributed by atoms with Crippen molar-refractivity contribution >= 4 is 46.0 Å². The number of aromatic nitrogens is 3. The third-order valence-corrected chi connectivity index (χ3v) is 6.95. The number of methoxy groups -OCH3 is 1. The van der Waals surface area contributed by atoms with Crippen molar-refractivity contribution in [1.82, 2.24) is 14.5 Å². The normalized spacial score (nSPS) is 11.9. The van der Waals surface area contributed by atoms with Crippen LogP contribution in [0.2, 0.25) is 5.02 Å². The second-order valence-electron chi connectivity index (χ2n) is 7.49. The van der Waals surface area contributed by atoms with Crippen molar-refractivity contribution in [1.29, 1.82) is 0 Å². The average Bonchev–Trinajstić information content (AvgIpc) is 2.85. The molecule has 0 aliphatic rings. The molecule has 0 saturated carbocycles. The lowest BCUT2D eigenvalue weighted by Crippen LogP contribution is -2.28. The Morgan fingerprint density at radius 1 is 1.18 bits per heavy atom. The van der Waals surface area contributed by atoms with Gasteiger partial charge in [0.05, 0.1) is 24.3 Å². The largest absolute Gasteiger partial charge is 0.497 e. The van der Waals surface area contributed by atoms with E-state index >= 15 is 0 Å². The second kappa shape index (κ2) is 10.7. The minimum Gasteiger partial charge on any atom is -0.497 e. The van der Waals surface area contributed by atoms with Gasteiger partial charge in [-0.1, -0.05) is 54.6 Å². The van der Waals surface area contributed by atoms with Gasteiger partial charge in [-0.15, -0.1) is 0 Å². The minimum atomic E-state index is -0.489. The number of halogens is 1. The lowest BCUT2D eigenvalue weighted by molar-refractivity contribution is -0.115. The minimum absolute atomic E-state index is 0.194. The van der Waals surface area contributed by atoms with Crippen molar-refractivity contribution in [3.63, 3.8) is 0 Å². The summed E-state index contributed by atoms with van der Waals surface area (Å²) < 4.78 is 6.79. The molecule has 1 amide bonds. The molecule has 0 aliphatic heterocycles.